The van der Waals surface area contributed by atoms with Crippen molar-refractivity contribution in [2.45, 2.75) is 13.3 Å². The van der Waals surface area contributed by atoms with Gasteiger partial charge in [-0.2, -0.15) is 0 Å². The van der Waals surface area contributed by atoms with Gasteiger partial charge in [0, 0.05) is 28.0 Å². The predicted octanol–water partition coefficient (Wildman–Crippen LogP) is 3.37. The van der Waals surface area contributed by atoms with Crippen molar-refractivity contribution in [3.8, 4) is 0 Å². The molecule has 0 bridgehead atoms. The molecule has 0 aliphatic heterocycles. The number of pyridine rings is 1. The number of hydrogen-bond acceptors (Lipinski definition) is 3. The summed E-state index contributed by atoms with van der Waals surface area (Å²) < 4.78 is 0.728. The number of carbonyl (C=O) groups is 1. The second-order valence-corrected chi connectivity index (χ2v) is 5.30. The zero-order chi connectivity index (χ0) is 14.0. The molecule has 2 aromatic rings. The molecule has 1 aromatic heterocycles. The van der Waals surface area contributed by atoms with Crippen LogP contribution in [-0.2, 0) is 0 Å². The number of halogens is 2. The number of rotatable bonds is 3. The van der Waals surface area contributed by atoms with Crippen molar-refractivity contribution in [3.63, 3.8) is 0 Å². The van der Waals surface area contributed by atoms with Gasteiger partial charge in [-0.1, -0.05) is 24.6 Å². The largest absolute Gasteiger partial charge is 0.396 e. The van der Waals surface area contributed by atoms with Crippen molar-refractivity contribution in [3.05, 3.63) is 33.5 Å². The first kappa shape index (κ1) is 14.1. The summed E-state index contributed by atoms with van der Waals surface area (Å²) in [6.45, 7) is 2.58. The second-order valence-electron chi connectivity index (χ2n) is 4.10. The minimum absolute atomic E-state index is 0.246. The number of nitrogen functional groups attached to an aromatic ring is 1. The molecular weight excluding hydrogens is 330 g/mol. The van der Waals surface area contributed by atoms with E-state index in [1.165, 1.54) is 0 Å². The van der Waals surface area contributed by atoms with Crippen LogP contribution in [0.1, 0.15) is 23.8 Å². The lowest BCUT2D eigenvalue weighted by Crippen LogP contribution is -2.26. The van der Waals surface area contributed by atoms with E-state index in [1.807, 2.05) is 6.92 Å². The van der Waals surface area contributed by atoms with Crippen LogP contribution < -0.4 is 11.1 Å². The van der Waals surface area contributed by atoms with Gasteiger partial charge >= 0.3 is 0 Å². The van der Waals surface area contributed by atoms with E-state index < -0.39 is 0 Å². The van der Waals surface area contributed by atoms with Crippen molar-refractivity contribution in [1.29, 1.82) is 0 Å². The summed E-state index contributed by atoms with van der Waals surface area (Å²) in [5.74, 6) is -0.257. The number of benzene rings is 1. The molecule has 0 aliphatic rings. The van der Waals surface area contributed by atoms with Crippen molar-refractivity contribution in [2.75, 3.05) is 12.3 Å². The molecule has 19 heavy (non-hydrogen) atoms. The molecule has 1 heterocycles. The molecule has 6 heteroatoms. The van der Waals surface area contributed by atoms with Crippen LogP contribution in [0.2, 0.25) is 5.02 Å². The Kier molecular flexibility index (Phi) is 4.27. The third-order valence-electron chi connectivity index (χ3n) is 2.75. The lowest BCUT2D eigenvalue weighted by Gasteiger charge is -2.10. The van der Waals surface area contributed by atoms with E-state index in [4.69, 9.17) is 17.3 Å². The predicted molar refractivity (Wildman–Crippen MR) is 81.5 cm³/mol. The van der Waals surface area contributed by atoms with Crippen LogP contribution in [0.3, 0.4) is 0 Å². The van der Waals surface area contributed by atoms with Gasteiger partial charge in [0.05, 0.1) is 10.7 Å². The highest BCUT2D eigenvalue weighted by Crippen LogP contribution is 2.34. The van der Waals surface area contributed by atoms with Gasteiger partial charge in [0.15, 0.2) is 5.69 Å². The Labute approximate surface area is 124 Å². The molecule has 0 spiro atoms. The molecule has 0 unspecified atom stereocenters. The van der Waals surface area contributed by atoms with E-state index in [9.17, 15) is 4.79 Å². The Morgan fingerprint density at radius 2 is 2.21 bits per heavy atom. The highest BCUT2D eigenvalue weighted by molar-refractivity contribution is 9.10. The maximum Gasteiger partial charge on any atom is 0.272 e. The van der Waals surface area contributed by atoms with Gasteiger partial charge in [-0.3, -0.25) is 4.79 Å². The van der Waals surface area contributed by atoms with Gasteiger partial charge in [0.2, 0.25) is 0 Å². The average molecular weight is 343 g/mol. The summed E-state index contributed by atoms with van der Waals surface area (Å²) in [5.41, 5.74) is 6.63. The van der Waals surface area contributed by atoms with Crippen LogP contribution in [0, 0.1) is 0 Å². The molecule has 0 atom stereocenters. The molecule has 0 saturated carbocycles. The maximum atomic E-state index is 11.9. The Morgan fingerprint density at radius 1 is 1.47 bits per heavy atom. The molecular formula is C13H13BrClN3O. The fraction of sp³-hybridized carbons (Fsp3) is 0.231. The van der Waals surface area contributed by atoms with E-state index in [0.717, 1.165) is 21.7 Å². The zero-order valence-corrected chi connectivity index (χ0v) is 12.7. The van der Waals surface area contributed by atoms with Crippen molar-refractivity contribution in [2.24, 2.45) is 0 Å². The number of hydrogen-bond donors (Lipinski definition) is 2. The maximum absolute atomic E-state index is 11.9. The molecule has 0 fully saturated rings. The minimum atomic E-state index is -0.257. The van der Waals surface area contributed by atoms with Crippen LogP contribution >= 0.6 is 27.5 Å². The molecule has 1 aromatic carbocycles. The van der Waals surface area contributed by atoms with Gasteiger partial charge < -0.3 is 11.1 Å². The summed E-state index contributed by atoms with van der Waals surface area (Å²) >= 11 is 9.41. The molecule has 3 N–H and O–H groups in total. The average Bonchev–Trinajstić information content (AvgIpc) is 2.41. The number of carbonyl (C=O) groups excluding carboxylic acids is 1. The van der Waals surface area contributed by atoms with Gasteiger partial charge in [-0.05, 0) is 28.4 Å². The number of nitrogens with two attached hydrogens (primary N) is 1. The van der Waals surface area contributed by atoms with Crippen LogP contribution in [0.15, 0.2) is 22.8 Å². The summed E-state index contributed by atoms with van der Waals surface area (Å²) in [7, 11) is 0. The van der Waals surface area contributed by atoms with E-state index in [2.05, 4.69) is 26.2 Å². The van der Waals surface area contributed by atoms with Crippen LogP contribution in [0.4, 0.5) is 5.69 Å². The summed E-state index contributed by atoms with van der Waals surface area (Å²) in [5, 5.41) is 4.89. The molecule has 4 nitrogen and oxygen atoms in total. The fourth-order valence-electron chi connectivity index (χ4n) is 1.76. The highest BCUT2D eigenvalue weighted by Gasteiger charge is 2.15. The molecule has 1 amide bonds. The van der Waals surface area contributed by atoms with E-state index in [0.29, 0.717) is 17.3 Å². The Balaban J connectivity index is 2.52. The quantitative estimate of drug-likeness (QED) is 0.898. The first-order valence-electron chi connectivity index (χ1n) is 5.86. The normalized spacial score (nSPS) is 10.7. The standard InChI is InChI=1S/C13H13BrClN3O/c1-2-5-17-13(19)12-11(16)7-3-4-9(15)10(14)8(7)6-18-12/h3-4,6H,2,5,16H2,1H3,(H,17,19). The number of fused-ring (bicyclic) bond motifs is 1. The Hall–Kier alpha value is -1.33. The first-order valence-corrected chi connectivity index (χ1v) is 7.03. The third-order valence-corrected chi connectivity index (χ3v) is 4.15. The number of amides is 1. The lowest BCUT2D eigenvalue weighted by atomic mass is 10.1. The summed E-state index contributed by atoms with van der Waals surface area (Å²) in [4.78, 5) is 16.1. The Bertz CT molecular complexity index is 645. The van der Waals surface area contributed by atoms with Crippen LogP contribution in [-0.4, -0.2) is 17.4 Å². The molecule has 0 aliphatic carbocycles. The molecule has 100 valence electrons. The van der Waals surface area contributed by atoms with Gasteiger partial charge in [-0.25, -0.2) is 4.98 Å². The van der Waals surface area contributed by atoms with E-state index in [1.54, 1.807) is 18.3 Å². The number of nitrogens with one attached hydrogen (secondary N) is 1. The summed E-state index contributed by atoms with van der Waals surface area (Å²) in [6, 6.07) is 3.52. The lowest BCUT2D eigenvalue weighted by molar-refractivity contribution is 0.0950. The zero-order valence-electron chi connectivity index (χ0n) is 10.3. The highest BCUT2D eigenvalue weighted by atomic mass is 79.9. The fourth-order valence-corrected chi connectivity index (χ4v) is 2.37. The molecule has 0 radical (unpaired) electrons. The topological polar surface area (TPSA) is 68.0 Å². The number of nitrogens with zero attached hydrogens (tertiary/aromatic N) is 1. The minimum Gasteiger partial charge on any atom is -0.396 e. The van der Waals surface area contributed by atoms with Crippen molar-refractivity contribution in [1.82, 2.24) is 10.3 Å². The van der Waals surface area contributed by atoms with Crippen molar-refractivity contribution >= 4 is 49.9 Å². The molecule has 2 rings (SSSR count). The smallest absolute Gasteiger partial charge is 0.272 e. The van der Waals surface area contributed by atoms with Crippen LogP contribution in [0.5, 0.6) is 0 Å². The third kappa shape index (κ3) is 2.67. The van der Waals surface area contributed by atoms with Crippen molar-refractivity contribution < 1.29 is 4.79 Å². The van der Waals surface area contributed by atoms with Gasteiger partial charge in [0.25, 0.3) is 5.91 Å². The van der Waals surface area contributed by atoms with Crippen LogP contribution in [0.25, 0.3) is 10.8 Å². The monoisotopic (exact) mass is 341 g/mol. The second kappa shape index (κ2) is 5.75. The summed E-state index contributed by atoms with van der Waals surface area (Å²) in [6.07, 6.45) is 2.46. The number of anilines is 1. The SMILES string of the molecule is CCCNC(=O)c1ncc2c(Br)c(Cl)ccc2c1N. The van der Waals surface area contributed by atoms with Gasteiger partial charge in [-0.15, -0.1) is 0 Å². The molecule has 0 saturated heterocycles. The number of aromatic nitrogens is 1. The van der Waals surface area contributed by atoms with E-state index >= 15 is 0 Å². The van der Waals surface area contributed by atoms with Gasteiger partial charge in [0.1, 0.15) is 0 Å². The van der Waals surface area contributed by atoms with E-state index in [-0.39, 0.29) is 11.6 Å². The first-order chi connectivity index (χ1) is 9.06. The Morgan fingerprint density at radius 3 is 2.89 bits per heavy atom.